The minimum atomic E-state index is 0.0459. The lowest BCUT2D eigenvalue weighted by Crippen LogP contribution is -2.51. The first kappa shape index (κ1) is 14.3. The summed E-state index contributed by atoms with van der Waals surface area (Å²) >= 11 is 2.02. The van der Waals surface area contributed by atoms with Gasteiger partial charge in [-0.15, -0.1) is 0 Å². The van der Waals surface area contributed by atoms with Crippen LogP contribution in [-0.4, -0.2) is 35.3 Å². The van der Waals surface area contributed by atoms with Gasteiger partial charge in [-0.05, 0) is 49.7 Å². The second-order valence-corrected chi connectivity index (χ2v) is 6.21. The summed E-state index contributed by atoms with van der Waals surface area (Å²) in [4.78, 5) is 0. The van der Waals surface area contributed by atoms with Crippen LogP contribution in [0.5, 0.6) is 0 Å². The van der Waals surface area contributed by atoms with Crippen molar-refractivity contribution in [1.29, 1.82) is 0 Å². The summed E-state index contributed by atoms with van der Waals surface area (Å²) in [5.41, 5.74) is 0.0459. The number of rotatable bonds is 8. The number of aliphatic hydroxyl groups is 1. The minimum Gasteiger partial charge on any atom is -0.394 e. The molecule has 0 spiro atoms. The van der Waals surface area contributed by atoms with Gasteiger partial charge in [-0.25, -0.2) is 0 Å². The zero-order valence-electron chi connectivity index (χ0n) is 10.8. The molecule has 16 heavy (non-hydrogen) atoms. The molecule has 1 fully saturated rings. The zero-order valence-corrected chi connectivity index (χ0v) is 11.6. The third-order valence-corrected chi connectivity index (χ3v) is 4.71. The molecule has 96 valence electrons. The number of thioether (sulfide) groups is 1. The van der Waals surface area contributed by atoms with Gasteiger partial charge in [0, 0.05) is 5.54 Å². The van der Waals surface area contributed by atoms with Gasteiger partial charge in [-0.2, -0.15) is 11.8 Å². The third kappa shape index (κ3) is 3.64. The number of aliphatic hydroxyl groups excluding tert-OH is 1. The first-order chi connectivity index (χ1) is 7.79. The molecule has 0 saturated heterocycles. The lowest BCUT2D eigenvalue weighted by molar-refractivity contribution is 0.122. The highest BCUT2D eigenvalue weighted by atomic mass is 32.2. The molecule has 3 heteroatoms. The van der Waals surface area contributed by atoms with E-state index in [1.165, 1.54) is 30.8 Å². The van der Waals surface area contributed by atoms with Crippen molar-refractivity contribution < 1.29 is 5.11 Å². The molecule has 0 amide bonds. The summed E-state index contributed by atoms with van der Waals surface area (Å²) < 4.78 is 0. The van der Waals surface area contributed by atoms with E-state index in [1.54, 1.807) is 0 Å². The number of hydrogen-bond donors (Lipinski definition) is 2. The Kier molecular flexibility index (Phi) is 6.78. The van der Waals surface area contributed by atoms with Gasteiger partial charge >= 0.3 is 0 Å². The van der Waals surface area contributed by atoms with Gasteiger partial charge < -0.3 is 10.4 Å². The van der Waals surface area contributed by atoms with Gasteiger partial charge in [0.25, 0.3) is 0 Å². The maximum atomic E-state index is 9.70. The summed E-state index contributed by atoms with van der Waals surface area (Å²) in [6, 6.07) is 0. The average molecular weight is 245 g/mol. The number of hydrogen-bond acceptors (Lipinski definition) is 3. The highest BCUT2D eigenvalue weighted by molar-refractivity contribution is 7.99. The molecule has 0 aromatic heterocycles. The van der Waals surface area contributed by atoms with Gasteiger partial charge in [-0.3, -0.25) is 0 Å². The molecular formula is C13H27NOS. The van der Waals surface area contributed by atoms with Crippen LogP contribution in [0.3, 0.4) is 0 Å². The van der Waals surface area contributed by atoms with Crippen molar-refractivity contribution in [3.8, 4) is 0 Å². The summed E-state index contributed by atoms with van der Waals surface area (Å²) in [5.74, 6) is 3.14. The van der Waals surface area contributed by atoms with Gasteiger partial charge in [-0.1, -0.05) is 20.3 Å². The molecule has 0 radical (unpaired) electrons. The highest BCUT2D eigenvalue weighted by Crippen LogP contribution is 2.38. The second-order valence-electron chi connectivity index (χ2n) is 4.82. The molecule has 1 saturated carbocycles. The predicted octanol–water partition coefficient (Wildman–Crippen LogP) is 2.66. The number of nitrogens with one attached hydrogen (secondary N) is 1. The molecule has 2 N–H and O–H groups in total. The predicted molar refractivity (Wildman–Crippen MR) is 73.1 cm³/mol. The first-order valence-corrected chi connectivity index (χ1v) is 7.88. The second kappa shape index (κ2) is 7.57. The summed E-state index contributed by atoms with van der Waals surface area (Å²) in [6.45, 7) is 5.76. The van der Waals surface area contributed by atoms with Crippen molar-refractivity contribution in [2.75, 3.05) is 24.7 Å². The van der Waals surface area contributed by atoms with E-state index < -0.39 is 0 Å². The van der Waals surface area contributed by atoms with E-state index in [1.807, 2.05) is 11.8 Å². The maximum absolute atomic E-state index is 9.70. The molecule has 1 rings (SSSR count). The fraction of sp³-hybridized carbons (Fsp3) is 1.00. The molecule has 0 bridgehead atoms. The van der Waals surface area contributed by atoms with E-state index in [-0.39, 0.29) is 5.54 Å². The maximum Gasteiger partial charge on any atom is 0.0616 e. The Balaban J connectivity index is 2.45. The van der Waals surface area contributed by atoms with Gasteiger partial charge in [0.05, 0.1) is 6.61 Å². The van der Waals surface area contributed by atoms with Gasteiger partial charge in [0.2, 0.25) is 0 Å². The van der Waals surface area contributed by atoms with Crippen LogP contribution in [0.15, 0.2) is 0 Å². The molecule has 2 unspecified atom stereocenters. The molecule has 0 aromatic rings. The van der Waals surface area contributed by atoms with E-state index in [0.717, 1.165) is 19.4 Å². The Morgan fingerprint density at radius 2 is 2.25 bits per heavy atom. The van der Waals surface area contributed by atoms with Crippen LogP contribution in [0.1, 0.15) is 46.0 Å². The fourth-order valence-electron chi connectivity index (χ4n) is 2.81. The van der Waals surface area contributed by atoms with Crippen LogP contribution < -0.4 is 5.32 Å². The fourth-order valence-corrected chi connectivity index (χ4v) is 3.55. The van der Waals surface area contributed by atoms with Crippen molar-refractivity contribution in [1.82, 2.24) is 5.32 Å². The molecule has 2 nitrogen and oxygen atoms in total. The molecule has 1 aliphatic rings. The van der Waals surface area contributed by atoms with E-state index in [9.17, 15) is 5.11 Å². The van der Waals surface area contributed by atoms with Crippen molar-refractivity contribution in [3.05, 3.63) is 0 Å². The lowest BCUT2D eigenvalue weighted by atomic mass is 9.85. The third-order valence-electron chi connectivity index (χ3n) is 3.78. The topological polar surface area (TPSA) is 32.3 Å². The van der Waals surface area contributed by atoms with Gasteiger partial charge in [0.15, 0.2) is 0 Å². The Morgan fingerprint density at radius 1 is 1.44 bits per heavy atom. The van der Waals surface area contributed by atoms with Crippen LogP contribution in [0.2, 0.25) is 0 Å². The molecule has 2 atom stereocenters. The van der Waals surface area contributed by atoms with Crippen LogP contribution in [0.4, 0.5) is 0 Å². The van der Waals surface area contributed by atoms with Crippen molar-refractivity contribution >= 4 is 11.8 Å². The van der Waals surface area contributed by atoms with E-state index in [2.05, 4.69) is 19.2 Å². The first-order valence-electron chi connectivity index (χ1n) is 6.72. The SMILES string of the molecule is CCCNC1(CO)CCCC1CCSCC. The Morgan fingerprint density at radius 3 is 2.88 bits per heavy atom. The van der Waals surface area contributed by atoms with Crippen LogP contribution in [0, 0.1) is 5.92 Å². The summed E-state index contributed by atoms with van der Waals surface area (Å²) in [6.07, 6.45) is 6.14. The van der Waals surface area contributed by atoms with Crippen LogP contribution >= 0.6 is 11.8 Å². The van der Waals surface area contributed by atoms with Crippen LogP contribution in [-0.2, 0) is 0 Å². The molecule has 1 aliphatic carbocycles. The van der Waals surface area contributed by atoms with Crippen LogP contribution in [0.25, 0.3) is 0 Å². The Bertz CT molecular complexity index is 189. The van der Waals surface area contributed by atoms with E-state index >= 15 is 0 Å². The quantitative estimate of drug-likeness (QED) is 0.645. The standard InChI is InChI=1S/C13H27NOS/c1-3-9-14-13(11-15)8-5-6-12(13)7-10-16-4-2/h12,14-15H,3-11H2,1-2H3. The van der Waals surface area contributed by atoms with Crippen molar-refractivity contribution in [2.45, 2.75) is 51.5 Å². The monoisotopic (exact) mass is 245 g/mol. The normalized spacial score (nSPS) is 29.8. The molecule has 0 heterocycles. The Hall–Kier alpha value is 0.270. The zero-order chi connectivity index (χ0) is 11.9. The Labute approximate surface area is 105 Å². The van der Waals surface area contributed by atoms with E-state index in [4.69, 9.17) is 0 Å². The van der Waals surface area contributed by atoms with Crippen molar-refractivity contribution in [3.63, 3.8) is 0 Å². The lowest BCUT2D eigenvalue weighted by Gasteiger charge is -2.35. The van der Waals surface area contributed by atoms with E-state index in [0.29, 0.717) is 12.5 Å². The average Bonchev–Trinajstić information content (AvgIpc) is 2.71. The molecular weight excluding hydrogens is 218 g/mol. The molecule has 0 aromatic carbocycles. The van der Waals surface area contributed by atoms with Crippen molar-refractivity contribution in [2.24, 2.45) is 5.92 Å². The minimum absolute atomic E-state index is 0.0459. The highest BCUT2D eigenvalue weighted by Gasteiger charge is 2.41. The smallest absolute Gasteiger partial charge is 0.0616 e. The largest absolute Gasteiger partial charge is 0.394 e. The molecule has 0 aliphatic heterocycles. The summed E-state index contributed by atoms with van der Waals surface area (Å²) in [7, 11) is 0. The summed E-state index contributed by atoms with van der Waals surface area (Å²) in [5, 5.41) is 13.3. The van der Waals surface area contributed by atoms with Gasteiger partial charge in [0.1, 0.15) is 0 Å².